The molecule has 0 radical (unpaired) electrons. The van der Waals surface area contributed by atoms with Gasteiger partial charge in [-0.05, 0) is 59.1 Å². The number of hydrogen-bond acceptors (Lipinski definition) is 3. The van der Waals surface area contributed by atoms with Crippen LogP contribution in [0, 0.1) is 5.92 Å². The Morgan fingerprint density at radius 3 is 3.00 bits per heavy atom. The van der Waals surface area contributed by atoms with Crippen molar-refractivity contribution in [1.82, 2.24) is 4.98 Å². The van der Waals surface area contributed by atoms with Gasteiger partial charge in [-0.2, -0.15) is 0 Å². The van der Waals surface area contributed by atoms with Crippen LogP contribution in [-0.4, -0.2) is 17.9 Å². The molecule has 0 bridgehead atoms. The van der Waals surface area contributed by atoms with E-state index in [0.29, 0.717) is 18.3 Å². The van der Waals surface area contributed by atoms with Crippen molar-refractivity contribution in [2.24, 2.45) is 11.7 Å². The van der Waals surface area contributed by atoms with Crippen molar-refractivity contribution in [2.45, 2.75) is 31.2 Å². The van der Waals surface area contributed by atoms with Crippen LogP contribution in [0.3, 0.4) is 0 Å². The Morgan fingerprint density at radius 1 is 1.26 bits per heavy atom. The smallest absolute Gasteiger partial charge is 0.227 e. The topological polar surface area (TPSA) is 59.2 Å². The normalized spacial score (nSPS) is 27.5. The SMILES string of the molecule is CN1C(=O)CCc2cc(-c3cncc4c3C3CC3C4N)ccc21. The molecule has 1 aromatic heterocycles. The number of carbonyl (C=O) groups is 1. The van der Waals surface area contributed by atoms with Crippen LogP contribution in [0.25, 0.3) is 11.1 Å². The summed E-state index contributed by atoms with van der Waals surface area (Å²) in [5.74, 6) is 1.44. The Kier molecular flexibility index (Phi) is 2.55. The second-order valence-electron chi connectivity index (χ2n) is 7.02. The number of nitrogens with zero attached hydrogens (tertiary/aromatic N) is 2. The zero-order valence-electron chi connectivity index (χ0n) is 13.1. The molecule has 1 aliphatic heterocycles. The summed E-state index contributed by atoms with van der Waals surface area (Å²) in [5, 5.41) is 0. The second kappa shape index (κ2) is 4.42. The molecule has 116 valence electrons. The highest BCUT2D eigenvalue weighted by Crippen LogP contribution is 2.62. The Morgan fingerprint density at radius 2 is 2.13 bits per heavy atom. The van der Waals surface area contributed by atoms with Crippen LogP contribution in [0.1, 0.15) is 41.5 Å². The molecule has 1 fully saturated rings. The van der Waals surface area contributed by atoms with Gasteiger partial charge < -0.3 is 10.6 Å². The third-order valence-electron chi connectivity index (χ3n) is 5.78. The van der Waals surface area contributed by atoms with E-state index in [-0.39, 0.29) is 11.9 Å². The number of benzene rings is 1. The number of rotatable bonds is 1. The number of anilines is 1. The van der Waals surface area contributed by atoms with E-state index in [1.54, 1.807) is 4.90 Å². The van der Waals surface area contributed by atoms with E-state index in [1.807, 2.05) is 19.4 Å². The minimum absolute atomic E-state index is 0.156. The highest BCUT2D eigenvalue weighted by Gasteiger charge is 2.51. The molecule has 1 aromatic carbocycles. The number of aryl methyl sites for hydroxylation is 1. The summed E-state index contributed by atoms with van der Waals surface area (Å²) in [6.07, 6.45) is 6.55. The number of nitrogens with two attached hydrogens (primary N) is 1. The maximum Gasteiger partial charge on any atom is 0.227 e. The summed E-state index contributed by atoms with van der Waals surface area (Å²) < 4.78 is 0. The zero-order valence-corrected chi connectivity index (χ0v) is 13.1. The van der Waals surface area contributed by atoms with Crippen molar-refractivity contribution in [2.75, 3.05) is 11.9 Å². The first-order chi connectivity index (χ1) is 11.1. The Labute approximate surface area is 135 Å². The van der Waals surface area contributed by atoms with Crippen LogP contribution >= 0.6 is 0 Å². The van der Waals surface area contributed by atoms with Crippen LogP contribution < -0.4 is 10.6 Å². The molecule has 5 rings (SSSR count). The van der Waals surface area contributed by atoms with Crippen molar-refractivity contribution >= 4 is 11.6 Å². The fourth-order valence-corrected chi connectivity index (χ4v) is 4.39. The van der Waals surface area contributed by atoms with Crippen molar-refractivity contribution < 1.29 is 4.79 Å². The molecule has 2 N–H and O–H groups in total. The van der Waals surface area contributed by atoms with E-state index in [1.165, 1.54) is 34.2 Å². The lowest BCUT2D eigenvalue weighted by Gasteiger charge is -2.26. The number of hydrogen-bond donors (Lipinski definition) is 1. The lowest BCUT2D eigenvalue weighted by Crippen LogP contribution is -2.30. The van der Waals surface area contributed by atoms with E-state index in [4.69, 9.17) is 5.73 Å². The lowest BCUT2D eigenvalue weighted by atomic mass is 9.92. The van der Waals surface area contributed by atoms with E-state index < -0.39 is 0 Å². The molecule has 1 saturated carbocycles. The zero-order chi connectivity index (χ0) is 15.7. The number of fused-ring (bicyclic) bond motifs is 4. The van der Waals surface area contributed by atoms with Crippen molar-refractivity contribution in [3.05, 3.63) is 47.3 Å². The predicted octanol–water partition coefficient (Wildman–Crippen LogP) is 2.77. The maximum absolute atomic E-state index is 11.9. The van der Waals surface area contributed by atoms with Gasteiger partial charge in [0.15, 0.2) is 0 Å². The van der Waals surface area contributed by atoms with E-state index in [9.17, 15) is 4.79 Å². The average molecular weight is 305 g/mol. The summed E-state index contributed by atoms with van der Waals surface area (Å²) in [6, 6.07) is 6.58. The number of pyridine rings is 1. The Bertz CT molecular complexity index is 845. The average Bonchev–Trinajstić information content (AvgIpc) is 3.32. The molecule has 4 nitrogen and oxygen atoms in total. The molecule has 2 heterocycles. The first-order valence-electron chi connectivity index (χ1n) is 8.28. The molecule has 3 atom stereocenters. The van der Waals surface area contributed by atoms with Crippen molar-refractivity contribution in [3.8, 4) is 11.1 Å². The van der Waals surface area contributed by atoms with Crippen molar-refractivity contribution in [3.63, 3.8) is 0 Å². The number of aromatic nitrogens is 1. The third kappa shape index (κ3) is 1.75. The minimum atomic E-state index is 0.156. The molecule has 0 saturated heterocycles. The molecule has 3 unspecified atom stereocenters. The number of carbonyl (C=O) groups excluding carboxylic acids is 1. The van der Waals surface area contributed by atoms with Gasteiger partial charge >= 0.3 is 0 Å². The molecule has 3 aliphatic rings. The quantitative estimate of drug-likeness (QED) is 0.881. The highest BCUT2D eigenvalue weighted by molar-refractivity contribution is 5.96. The molecule has 0 spiro atoms. The summed E-state index contributed by atoms with van der Waals surface area (Å²) >= 11 is 0. The Balaban J connectivity index is 1.64. The first kappa shape index (κ1) is 13.3. The molecule has 1 amide bonds. The van der Waals surface area contributed by atoms with Gasteiger partial charge in [-0.1, -0.05) is 6.07 Å². The molecular formula is C19H19N3O. The van der Waals surface area contributed by atoms with E-state index in [2.05, 4.69) is 23.2 Å². The summed E-state index contributed by atoms with van der Waals surface area (Å²) in [6.45, 7) is 0. The first-order valence-corrected chi connectivity index (χ1v) is 8.28. The number of amides is 1. The van der Waals surface area contributed by atoms with Crippen molar-refractivity contribution in [1.29, 1.82) is 0 Å². The van der Waals surface area contributed by atoms with Gasteiger partial charge in [0.05, 0.1) is 0 Å². The summed E-state index contributed by atoms with van der Waals surface area (Å²) in [7, 11) is 1.86. The van der Waals surface area contributed by atoms with Crippen LogP contribution in [0.15, 0.2) is 30.6 Å². The minimum Gasteiger partial charge on any atom is -0.324 e. The van der Waals surface area contributed by atoms with Gasteiger partial charge in [-0.3, -0.25) is 9.78 Å². The fraction of sp³-hybridized carbons (Fsp3) is 0.368. The van der Waals surface area contributed by atoms with Crippen LogP contribution in [0.2, 0.25) is 0 Å². The van der Waals surface area contributed by atoms with Crippen LogP contribution in [-0.2, 0) is 11.2 Å². The van der Waals surface area contributed by atoms with Crippen LogP contribution in [0.5, 0.6) is 0 Å². The highest BCUT2D eigenvalue weighted by atomic mass is 16.2. The largest absolute Gasteiger partial charge is 0.324 e. The van der Waals surface area contributed by atoms with Gasteiger partial charge in [0, 0.05) is 43.2 Å². The Hall–Kier alpha value is -2.20. The standard InChI is InChI=1S/C19H19N3O/c1-22-16-4-2-10(6-11(16)3-5-17(22)23)14-8-21-9-15-18(14)12-7-13(12)19(15)20/h2,4,6,8-9,12-13,19H,3,5,7,20H2,1H3. The molecular weight excluding hydrogens is 286 g/mol. The van der Waals surface area contributed by atoms with E-state index >= 15 is 0 Å². The fourth-order valence-electron chi connectivity index (χ4n) is 4.39. The lowest BCUT2D eigenvalue weighted by molar-refractivity contribution is -0.118. The molecule has 4 heteroatoms. The third-order valence-corrected chi connectivity index (χ3v) is 5.78. The van der Waals surface area contributed by atoms with Gasteiger partial charge in [-0.15, -0.1) is 0 Å². The van der Waals surface area contributed by atoms with Gasteiger partial charge in [0.25, 0.3) is 0 Å². The predicted molar refractivity (Wildman–Crippen MR) is 89.2 cm³/mol. The summed E-state index contributed by atoms with van der Waals surface area (Å²) in [4.78, 5) is 18.1. The van der Waals surface area contributed by atoms with E-state index in [0.717, 1.165) is 12.1 Å². The van der Waals surface area contributed by atoms with Gasteiger partial charge in [0.2, 0.25) is 5.91 Å². The van der Waals surface area contributed by atoms with Gasteiger partial charge in [-0.25, -0.2) is 0 Å². The van der Waals surface area contributed by atoms with Crippen LogP contribution in [0.4, 0.5) is 5.69 Å². The molecule has 2 aliphatic carbocycles. The van der Waals surface area contributed by atoms with Gasteiger partial charge in [0.1, 0.15) is 0 Å². The summed E-state index contributed by atoms with van der Waals surface area (Å²) in [5.41, 5.74) is 13.7. The maximum atomic E-state index is 11.9. The molecule has 23 heavy (non-hydrogen) atoms. The second-order valence-corrected chi connectivity index (χ2v) is 7.02. The molecule has 2 aromatic rings. The monoisotopic (exact) mass is 305 g/mol.